The van der Waals surface area contributed by atoms with E-state index in [0.717, 1.165) is 0 Å². The van der Waals surface area contributed by atoms with Crippen molar-refractivity contribution in [2.75, 3.05) is 6.54 Å². The quantitative estimate of drug-likeness (QED) is 0.549. The molecule has 0 unspecified atom stereocenters. The van der Waals surface area contributed by atoms with Crippen LogP contribution in [0.1, 0.15) is 13.8 Å². The van der Waals surface area contributed by atoms with Crippen molar-refractivity contribution in [2.24, 2.45) is 0 Å². The van der Waals surface area contributed by atoms with Crippen molar-refractivity contribution in [1.82, 2.24) is 5.32 Å². The standard InChI is InChI=1S/C7H13NO2/c1-4-5-8-6(9)7(2,3)10/h4,10H,1,5H2,2-3H3,(H,8,9). The van der Waals surface area contributed by atoms with Gasteiger partial charge in [-0.2, -0.15) is 0 Å². The van der Waals surface area contributed by atoms with E-state index in [9.17, 15) is 4.79 Å². The number of rotatable bonds is 3. The lowest BCUT2D eigenvalue weighted by molar-refractivity contribution is -0.136. The van der Waals surface area contributed by atoms with E-state index in [1.807, 2.05) is 0 Å². The summed E-state index contributed by atoms with van der Waals surface area (Å²) >= 11 is 0. The number of hydrogen-bond donors (Lipinski definition) is 2. The molecule has 0 saturated heterocycles. The number of amides is 1. The second-order valence-corrected chi connectivity index (χ2v) is 2.56. The van der Waals surface area contributed by atoms with Crippen molar-refractivity contribution in [2.45, 2.75) is 19.4 Å². The number of nitrogens with one attached hydrogen (secondary N) is 1. The number of aliphatic hydroxyl groups is 1. The molecule has 0 aliphatic carbocycles. The maximum atomic E-state index is 10.8. The maximum absolute atomic E-state index is 10.8. The van der Waals surface area contributed by atoms with Gasteiger partial charge in [-0.05, 0) is 13.8 Å². The van der Waals surface area contributed by atoms with E-state index in [-0.39, 0.29) is 5.91 Å². The Morgan fingerprint density at radius 2 is 2.30 bits per heavy atom. The molecule has 0 aromatic heterocycles. The smallest absolute Gasteiger partial charge is 0.251 e. The van der Waals surface area contributed by atoms with E-state index in [1.165, 1.54) is 13.8 Å². The first-order valence-electron chi connectivity index (χ1n) is 3.10. The van der Waals surface area contributed by atoms with Crippen molar-refractivity contribution in [3.8, 4) is 0 Å². The van der Waals surface area contributed by atoms with Gasteiger partial charge in [0.2, 0.25) is 0 Å². The lowest BCUT2D eigenvalue weighted by atomic mass is 10.1. The van der Waals surface area contributed by atoms with Crippen LogP contribution in [-0.4, -0.2) is 23.2 Å². The normalized spacial score (nSPS) is 10.7. The van der Waals surface area contributed by atoms with Gasteiger partial charge in [0.15, 0.2) is 0 Å². The zero-order chi connectivity index (χ0) is 8.20. The Bertz CT molecular complexity index is 135. The van der Waals surface area contributed by atoms with Crippen LogP contribution in [-0.2, 0) is 4.79 Å². The summed E-state index contributed by atoms with van der Waals surface area (Å²) in [6.07, 6.45) is 1.56. The Labute approximate surface area is 60.7 Å². The molecule has 3 heteroatoms. The predicted octanol–water partition coefficient (Wildman–Crippen LogP) is 0.0595. The first kappa shape index (κ1) is 9.17. The van der Waals surface area contributed by atoms with Gasteiger partial charge in [-0.15, -0.1) is 6.58 Å². The van der Waals surface area contributed by atoms with Gasteiger partial charge in [-0.3, -0.25) is 4.79 Å². The van der Waals surface area contributed by atoms with Crippen LogP contribution in [0.4, 0.5) is 0 Å². The minimum atomic E-state index is -1.29. The van der Waals surface area contributed by atoms with Gasteiger partial charge in [-0.25, -0.2) is 0 Å². The molecule has 0 spiro atoms. The zero-order valence-corrected chi connectivity index (χ0v) is 6.35. The highest BCUT2D eigenvalue weighted by Crippen LogP contribution is 1.98. The largest absolute Gasteiger partial charge is 0.381 e. The van der Waals surface area contributed by atoms with Gasteiger partial charge in [-0.1, -0.05) is 6.08 Å². The molecule has 58 valence electrons. The van der Waals surface area contributed by atoms with E-state index < -0.39 is 5.60 Å². The summed E-state index contributed by atoms with van der Waals surface area (Å²) in [7, 11) is 0. The van der Waals surface area contributed by atoms with Crippen LogP contribution in [0, 0.1) is 0 Å². The average Bonchev–Trinajstić information content (AvgIpc) is 1.80. The van der Waals surface area contributed by atoms with Crippen LogP contribution in [0.15, 0.2) is 12.7 Å². The number of carbonyl (C=O) groups excluding carboxylic acids is 1. The topological polar surface area (TPSA) is 49.3 Å². The van der Waals surface area contributed by atoms with Gasteiger partial charge >= 0.3 is 0 Å². The minimum Gasteiger partial charge on any atom is -0.381 e. The molecule has 0 aliphatic heterocycles. The molecule has 10 heavy (non-hydrogen) atoms. The van der Waals surface area contributed by atoms with Crippen molar-refractivity contribution < 1.29 is 9.90 Å². The second kappa shape index (κ2) is 3.37. The summed E-state index contributed by atoms with van der Waals surface area (Å²) in [6.45, 7) is 6.68. The highest BCUT2D eigenvalue weighted by Gasteiger charge is 2.22. The molecular weight excluding hydrogens is 130 g/mol. The van der Waals surface area contributed by atoms with E-state index in [4.69, 9.17) is 5.11 Å². The summed E-state index contributed by atoms with van der Waals surface area (Å²) in [5.74, 6) is -0.382. The highest BCUT2D eigenvalue weighted by atomic mass is 16.3. The molecule has 2 N–H and O–H groups in total. The number of hydrogen-bond acceptors (Lipinski definition) is 2. The van der Waals surface area contributed by atoms with E-state index in [0.29, 0.717) is 6.54 Å². The fourth-order valence-corrected chi connectivity index (χ4v) is 0.381. The molecule has 0 saturated carbocycles. The first-order valence-corrected chi connectivity index (χ1v) is 3.10. The average molecular weight is 143 g/mol. The summed E-state index contributed by atoms with van der Waals surface area (Å²) in [4.78, 5) is 10.8. The van der Waals surface area contributed by atoms with E-state index in [2.05, 4.69) is 11.9 Å². The molecule has 1 amide bonds. The molecule has 0 aromatic rings. The van der Waals surface area contributed by atoms with Crippen LogP contribution < -0.4 is 5.32 Å². The fraction of sp³-hybridized carbons (Fsp3) is 0.571. The minimum absolute atomic E-state index is 0.382. The zero-order valence-electron chi connectivity index (χ0n) is 6.35. The van der Waals surface area contributed by atoms with Crippen LogP contribution in [0.25, 0.3) is 0 Å². The summed E-state index contributed by atoms with van der Waals surface area (Å²) < 4.78 is 0. The molecule has 0 atom stereocenters. The lowest BCUT2D eigenvalue weighted by Gasteiger charge is -2.15. The highest BCUT2D eigenvalue weighted by molar-refractivity contribution is 5.83. The molecule has 0 aromatic carbocycles. The van der Waals surface area contributed by atoms with Crippen molar-refractivity contribution in [1.29, 1.82) is 0 Å². The Kier molecular flexibility index (Phi) is 3.09. The third kappa shape index (κ3) is 3.25. The first-order chi connectivity index (χ1) is 4.48. The number of carbonyl (C=O) groups is 1. The van der Waals surface area contributed by atoms with Crippen molar-refractivity contribution in [3.63, 3.8) is 0 Å². The second-order valence-electron chi connectivity index (χ2n) is 2.56. The summed E-state index contributed by atoms with van der Waals surface area (Å²) in [5, 5.41) is 11.5. The Balaban J connectivity index is 3.74. The van der Waals surface area contributed by atoms with Crippen LogP contribution in [0.2, 0.25) is 0 Å². The van der Waals surface area contributed by atoms with Crippen LogP contribution >= 0.6 is 0 Å². The monoisotopic (exact) mass is 143 g/mol. The summed E-state index contributed by atoms with van der Waals surface area (Å²) in [5.41, 5.74) is -1.29. The SMILES string of the molecule is C=CCNC(=O)C(C)(C)O. The van der Waals surface area contributed by atoms with E-state index in [1.54, 1.807) is 6.08 Å². The van der Waals surface area contributed by atoms with Crippen molar-refractivity contribution in [3.05, 3.63) is 12.7 Å². The molecule has 0 aliphatic rings. The molecule has 0 rings (SSSR count). The van der Waals surface area contributed by atoms with Crippen LogP contribution in [0.3, 0.4) is 0 Å². The van der Waals surface area contributed by atoms with Gasteiger partial charge < -0.3 is 10.4 Å². The van der Waals surface area contributed by atoms with Crippen molar-refractivity contribution >= 4 is 5.91 Å². The maximum Gasteiger partial charge on any atom is 0.251 e. The molecule has 0 fully saturated rings. The lowest BCUT2D eigenvalue weighted by Crippen LogP contribution is -2.41. The Hall–Kier alpha value is -0.830. The third-order valence-electron chi connectivity index (χ3n) is 0.963. The van der Waals surface area contributed by atoms with Gasteiger partial charge in [0, 0.05) is 6.54 Å². The molecule has 0 radical (unpaired) electrons. The summed E-state index contributed by atoms with van der Waals surface area (Å²) in [6, 6.07) is 0. The molecule has 3 nitrogen and oxygen atoms in total. The molecule has 0 bridgehead atoms. The third-order valence-corrected chi connectivity index (χ3v) is 0.963. The van der Waals surface area contributed by atoms with Gasteiger partial charge in [0.25, 0.3) is 5.91 Å². The molecule has 0 heterocycles. The fourth-order valence-electron chi connectivity index (χ4n) is 0.381. The molecular formula is C7H13NO2. The van der Waals surface area contributed by atoms with E-state index >= 15 is 0 Å². The van der Waals surface area contributed by atoms with Gasteiger partial charge in [0.05, 0.1) is 0 Å². The Morgan fingerprint density at radius 3 is 2.60 bits per heavy atom. The van der Waals surface area contributed by atoms with Crippen LogP contribution in [0.5, 0.6) is 0 Å². The Morgan fingerprint density at radius 1 is 1.80 bits per heavy atom. The predicted molar refractivity (Wildman–Crippen MR) is 39.5 cm³/mol. The van der Waals surface area contributed by atoms with Gasteiger partial charge in [0.1, 0.15) is 5.60 Å².